The second kappa shape index (κ2) is 14.2. The number of benzene rings is 1. The SMILES string of the molecule is CCOCCCCNC(=NCc1ccc(OC)cc1)NCc1nnc(C)n1C.I. The number of unbranched alkanes of at least 4 members (excludes halogenated alkanes) is 1. The number of hydrogen-bond donors (Lipinski definition) is 2. The van der Waals surface area contributed by atoms with Crippen LogP contribution in [0.25, 0.3) is 0 Å². The smallest absolute Gasteiger partial charge is 0.191 e. The predicted octanol–water partition coefficient (Wildman–Crippen LogP) is 2.80. The third-order valence-corrected chi connectivity index (χ3v) is 4.39. The van der Waals surface area contributed by atoms with Crippen molar-refractivity contribution in [2.24, 2.45) is 12.0 Å². The molecule has 0 amide bonds. The van der Waals surface area contributed by atoms with E-state index in [1.165, 1.54) is 0 Å². The van der Waals surface area contributed by atoms with Crippen molar-refractivity contribution in [2.75, 3.05) is 26.9 Å². The quantitative estimate of drug-likeness (QED) is 0.207. The van der Waals surface area contributed by atoms with E-state index >= 15 is 0 Å². The monoisotopic (exact) mass is 516 g/mol. The Morgan fingerprint density at radius 3 is 2.52 bits per heavy atom. The van der Waals surface area contributed by atoms with Gasteiger partial charge in [-0.25, -0.2) is 4.99 Å². The highest BCUT2D eigenvalue weighted by atomic mass is 127. The van der Waals surface area contributed by atoms with E-state index in [4.69, 9.17) is 14.5 Å². The Hall–Kier alpha value is -1.88. The summed E-state index contributed by atoms with van der Waals surface area (Å²) in [4.78, 5) is 4.70. The number of aromatic nitrogens is 3. The fourth-order valence-corrected chi connectivity index (χ4v) is 2.52. The second-order valence-corrected chi connectivity index (χ2v) is 6.42. The van der Waals surface area contributed by atoms with Gasteiger partial charge in [-0.1, -0.05) is 12.1 Å². The molecule has 0 bridgehead atoms. The summed E-state index contributed by atoms with van der Waals surface area (Å²) in [6, 6.07) is 7.94. The average molecular weight is 516 g/mol. The number of aliphatic imine (C=N–C) groups is 1. The van der Waals surface area contributed by atoms with E-state index < -0.39 is 0 Å². The number of hydrogen-bond acceptors (Lipinski definition) is 5. The van der Waals surface area contributed by atoms with E-state index in [2.05, 4.69) is 20.8 Å². The largest absolute Gasteiger partial charge is 0.497 e. The van der Waals surface area contributed by atoms with Crippen LogP contribution in [-0.2, 0) is 24.9 Å². The highest BCUT2D eigenvalue weighted by Crippen LogP contribution is 2.11. The van der Waals surface area contributed by atoms with Crippen molar-refractivity contribution < 1.29 is 9.47 Å². The highest BCUT2D eigenvalue weighted by Gasteiger charge is 2.06. The average Bonchev–Trinajstić information content (AvgIpc) is 3.04. The Morgan fingerprint density at radius 1 is 1.14 bits per heavy atom. The van der Waals surface area contributed by atoms with E-state index in [0.717, 1.165) is 61.5 Å². The molecule has 0 aliphatic heterocycles. The molecule has 0 radical (unpaired) electrons. The third-order valence-electron chi connectivity index (χ3n) is 4.39. The van der Waals surface area contributed by atoms with E-state index in [9.17, 15) is 0 Å². The molecule has 0 aliphatic rings. The van der Waals surface area contributed by atoms with Crippen molar-refractivity contribution in [3.8, 4) is 5.75 Å². The minimum atomic E-state index is 0. The summed E-state index contributed by atoms with van der Waals surface area (Å²) in [7, 11) is 3.63. The van der Waals surface area contributed by atoms with Gasteiger partial charge in [0.15, 0.2) is 11.8 Å². The third kappa shape index (κ3) is 8.99. The fourth-order valence-electron chi connectivity index (χ4n) is 2.52. The summed E-state index contributed by atoms with van der Waals surface area (Å²) in [5, 5.41) is 15.0. The molecule has 0 unspecified atom stereocenters. The molecule has 0 saturated carbocycles. The molecule has 0 saturated heterocycles. The van der Waals surface area contributed by atoms with Crippen LogP contribution in [0.1, 0.15) is 37.0 Å². The molecule has 29 heavy (non-hydrogen) atoms. The van der Waals surface area contributed by atoms with Crippen LogP contribution in [0.5, 0.6) is 5.75 Å². The van der Waals surface area contributed by atoms with Gasteiger partial charge in [0.1, 0.15) is 11.6 Å². The first-order valence-electron chi connectivity index (χ1n) is 9.71. The molecule has 1 aromatic heterocycles. The maximum absolute atomic E-state index is 5.38. The lowest BCUT2D eigenvalue weighted by Gasteiger charge is -2.13. The van der Waals surface area contributed by atoms with Gasteiger partial charge in [0.25, 0.3) is 0 Å². The predicted molar refractivity (Wildman–Crippen MR) is 126 cm³/mol. The zero-order chi connectivity index (χ0) is 20.2. The molecular formula is C20H33IN6O2. The Labute approximate surface area is 190 Å². The van der Waals surface area contributed by atoms with Gasteiger partial charge in [0, 0.05) is 26.8 Å². The van der Waals surface area contributed by atoms with Gasteiger partial charge < -0.3 is 24.7 Å². The van der Waals surface area contributed by atoms with Crippen molar-refractivity contribution in [2.45, 2.75) is 39.8 Å². The lowest BCUT2D eigenvalue weighted by Crippen LogP contribution is -2.38. The minimum Gasteiger partial charge on any atom is -0.497 e. The number of aryl methyl sites for hydroxylation is 1. The standard InChI is InChI=1S/C20H32N6O2.HI/c1-5-28-13-7-6-12-21-20(23-15-19-25-24-16(2)26(19)3)22-14-17-8-10-18(27-4)11-9-17;/h8-11H,5-7,12-15H2,1-4H3,(H2,21,22,23);1H. The normalized spacial score (nSPS) is 11.1. The van der Waals surface area contributed by atoms with Gasteiger partial charge in [0.05, 0.1) is 20.2 Å². The molecule has 1 aromatic carbocycles. The second-order valence-electron chi connectivity index (χ2n) is 6.42. The maximum atomic E-state index is 5.38. The van der Waals surface area contributed by atoms with Crippen LogP contribution in [0.4, 0.5) is 0 Å². The molecular weight excluding hydrogens is 483 g/mol. The molecule has 2 N–H and O–H groups in total. The first kappa shape index (κ1) is 25.2. The molecule has 0 atom stereocenters. The van der Waals surface area contributed by atoms with Crippen molar-refractivity contribution >= 4 is 29.9 Å². The van der Waals surface area contributed by atoms with Crippen molar-refractivity contribution in [1.82, 2.24) is 25.4 Å². The summed E-state index contributed by atoms with van der Waals surface area (Å²) in [6.45, 7) is 7.48. The number of halogens is 1. The minimum absolute atomic E-state index is 0. The van der Waals surface area contributed by atoms with Crippen molar-refractivity contribution in [1.29, 1.82) is 0 Å². The van der Waals surface area contributed by atoms with Crippen molar-refractivity contribution in [3.63, 3.8) is 0 Å². The number of methoxy groups -OCH3 is 1. The molecule has 0 aliphatic carbocycles. The summed E-state index contributed by atoms with van der Waals surface area (Å²) in [5.74, 6) is 3.36. The van der Waals surface area contributed by atoms with Crippen LogP contribution in [0.2, 0.25) is 0 Å². The first-order chi connectivity index (χ1) is 13.6. The van der Waals surface area contributed by atoms with Crippen LogP contribution in [0.15, 0.2) is 29.3 Å². The molecule has 0 fully saturated rings. The molecule has 162 valence electrons. The van der Waals surface area contributed by atoms with E-state index in [0.29, 0.717) is 13.1 Å². The summed E-state index contributed by atoms with van der Waals surface area (Å²) in [5.41, 5.74) is 1.12. The van der Waals surface area contributed by atoms with E-state index in [1.807, 2.05) is 49.7 Å². The van der Waals surface area contributed by atoms with Crippen LogP contribution < -0.4 is 15.4 Å². The van der Waals surface area contributed by atoms with Gasteiger partial charge in [-0.3, -0.25) is 0 Å². The molecule has 2 aromatic rings. The number of guanidine groups is 1. The zero-order valence-electron chi connectivity index (χ0n) is 17.8. The van der Waals surface area contributed by atoms with Gasteiger partial charge in [-0.15, -0.1) is 34.2 Å². The molecule has 2 rings (SSSR count). The molecule has 0 spiro atoms. The van der Waals surface area contributed by atoms with E-state index in [1.54, 1.807) is 7.11 Å². The number of rotatable bonds is 11. The number of nitrogens with one attached hydrogen (secondary N) is 2. The number of nitrogens with zero attached hydrogens (tertiary/aromatic N) is 4. The lowest BCUT2D eigenvalue weighted by atomic mass is 10.2. The van der Waals surface area contributed by atoms with Gasteiger partial charge >= 0.3 is 0 Å². The molecule has 9 heteroatoms. The van der Waals surface area contributed by atoms with Crippen LogP contribution in [-0.4, -0.2) is 47.6 Å². The molecule has 8 nitrogen and oxygen atoms in total. The zero-order valence-corrected chi connectivity index (χ0v) is 20.1. The fraction of sp³-hybridized carbons (Fsp3) is 0.550. The topological polar surface area (TPSA) is 85.6 Å². The summed E-state index contributed by atoms with van der Waals surface area (Å²) >= 11 is 0. The van der Waals surface area contributed by atoms with Crippen LogP contribution in [0, 0.1) is 6.92 Å². The van der Waals surface area contributed by atoms with Crippen LogP contribution >= 0.6 is 24.0 Å². The number of ether oxygens (including phenoxy) is 2. The Kier molecular flexibility index (Phi) is 12.3. The Balaban J connectivity index is 0.00000420. The summed E-state index contributed by atoms with van der Waals surface area (Å²) < 4.78 is 12.6. The molecule has 1 heterocycles. The van der Waals surface area contributed by atoms with Gasteiger partial charge in [0.2, 0.25) is 0 Å². The van der Waals surface area contributed by atoms with Gasteiger partial charge in [-0.2, -0.15) is 0 Å². The maximum Gasteiger partial charge on any atom is 0.191 e. The highest BCUT2D eigenvalue weighted by molar-refractivity contribution is 14.0. The Bertz CT molecular complexity index is 733. The van der Waals surface area contributed by atoms with Crippen LogP contribution in [0.3, 0.4) is 0 Å². The first-order valence-corrected chi connectivity index (χ1v) is 9.71. The Morgan fingerprint density at radius 2 is 1.90 bits per heavy atom. The van der Waals surface area contributed by atoms with Crippen molar-refractivity contribution in [3.05, 3.63) is 41.5 Å². The van der Waals surface area contributed by atoms with E-state index in [-0.39, 0.29) is 24.0 Å². The van der Waals surface area contributed by atoms with Gasteiger partial charge in [-0.05, 0) is 44.4 Å². The summed E-state index contributed by atoms with van der Waals surface area (Å²) in [6.07, 6.45) is 2.04. The lowest BCUT2D eigenvalue weighted by molar-refractivity contribution is 0.143.